The molecule has 1 aromatic heterocycles. The van der Waals surface area contributed by atoms with E-state index in [0.717, 1.165) is 21.9 Å². The number of thiazole rings is 1. The third kappa shape index (κ3) is 5.44. The molecule has 1 atom stereocenters. The van der Waals surface area contributed by atoms with E-state index in [2.05, 4.69) is 11.1 Å². The molecule has 9 heteroatoms. The third-order valence-electron chi connectivity index (χ3n) is 7.40. The summed E-state index contributed by atoms with van der Waals surface area (Å²) in [4.78, 5) is 32.6. The van der Waals surface area contributed by atoms with Crippen molar-refractivity contribution in [2.45, 2.75) is 26.5 Å². The number of carbonyl (C=O) groups excluding carboxylic acids is 1. The maximum atomic E-state index is 14.2. The number of hydrogen-bond donors (Lipinski definition) is 0. The van der Waals surface area contributed by atoms with Gasteiger partial charge in [-0.1, -0.05) is 83.6 Å². The molecule has 0 bridgehead atoms. The Morgan fingerprint density at radius 2 is 1.82 bits per heavy atom. The van der Waals surface area contributed by atoms with Crippen molar-refractivity contribution in [3.63, 3.8) is 0 Å². The summed E-state index contributed by atoms with van der Waals surface area (Å²) in [5, 5.41) is 11.5. The quantitative estimate of drug-likeness (QED) is 0.207. The Labute approximate surface area is 262 Å². The molecule has 5 aromatic rings. The molecule has 0 aliphatic carbocycles. The average Bonchev–Trinajstić information content (AvgIpc) is 3.34. The fourth-order valence-electron chi connectivity index (χ4n) is 5.30. The van der Waals surface area contributed by atoms with E-state index < -0.39 is 12.0 Å². The normalized spacial score (nSPS) is 14.6. The van der Waals surface area contributed by atoms with Crippen LogP contribution in [0.2, 0.25) is 5.02 Å². The second-order valence-corrected chi connectivity index (χ2v) is 11.5. The molecule has 44 heavy (non-hydrogen) atoms. The molecule has 0 saturated heterocycles. The zero-order chi connectivity index (χ0) is 30.8. The lowest BCUT2D eigenvalue weighted by molar-refractivity contribution is -0.139. The molecule has 0 fully saturated rings. The van der Waals surface area contributed by atoms with Crippen LogP contribution in [-0.2, 0) is 16.1 Å². The Bertz CT molecular complexity index is 2180. The van der Waals surface area contributed by atoms with E-state index in [1.165, 1.54) is 15.9 Å². The van der Waals surface area contributed by atoms with E-state index in [-0.39, 0.29) is 24.3 Å². The fraction of sp³-hybridized carbons (Fsp3) is 0.143. The first kappa shape index (κ1) is 29.1. The van der Waals surface area contributed by atoms with Crippen molar-refractivity contribution >= 4 is 45.8 Å². The van der Waals surface area contributed by atoms with Crippen molar-refractivity contribution in [1.82, 2.24) is 4.57 Å². The maximum Gasteiger partial charge on any atom is 0.338 e. The predicted octanol–water partition coefficient (Wildman–Crippen LogP) is 6.06. The largest absolute Gasteiger partial charge is 0.488 e. The number of rotatable bonds is 7. The molecule has 0 amide bonds. The van der Waals surface area contributed by atoms with E-state index in [1.807, 2.05) is 66.7 Å². The van der Waals surface area contributed by atoms with Crippen molar-refractivity contribution in [3.8, 4) is 11.8 Å². The van der Waals surface area contributed by atoms with Crippen LogP contribution in [0.3, 0.4) is 0 Å². The molecule has 1 aliphatic heterocycles. The van der Waals surface area contributed by atoms with E-state index in [4.69, 9.17) is 26.3 Å². The Morgan fingerprint density at radius 1 is 1.07 bits per heavy atom. The first-order chi connectivity index (χ1) is 21.4. The number of allylic oxidation sites excluding steroid dienone is 1. The minimum absolute atomic E-state index is 0.182. The summed E-state index contributed by atoms with van der Waals surface area (Å²) in [7, 11) is 0. The smallest absolute Gasteiger partial charge is 0.338 e. The summed E-state index contributed by atoms with van der Waals surface area (Å²) in [5.74, 6) is 0.0606. The Morgan fingerprint density at radius 3 is 2.57 bits per heavy atom. The number of nitrogens with zero attached hydrogens (tertiary/aromatic N) is 3. The highest BCUT2D eigenvalue weighted by Crippen LogP contribution is 2.35. The zero-order valence-electron chi connectivity index (χ0n) is 23.9. The monoisotopic (exact) mass is 619 g/mol. The molecular weight excluding hydrogens is 594 g/mol. The number of nitriles is 1. The highest BCUT2D eigenvalue weighted by molar-refractivity contribution is 7.07. The van der Waals surface area contributed by atoms with Crippen LogP contribution >= 0.6 is 22.9 Å². The number of fused-ring (bicyclic) bond motifs is 2. The number of halogens is 1. The number of hydrogen-bond acceptors (Lipinski definition) is 7. The molecule has 1 aliphatic rings. The maximum absolute atomic E-state index is 14.2. The molecule has 6 rings (SSSR count). The van der Waals surface area contributed by atoms with Crippen LogP contribution in [0, 0.1) is 11.3 Å². The summed E-state index contributed by atoms with van der Waals surface area (Å²) in [6.45, 7) is 3.94. The van der Waals surface area contributed by atoms with Gasteiger partial charge in [0.25, 0.3) is 5.56 Å². The van der Waals surface area contributed by atoms with Gasteiger partial charge in [0.1, 0.15) is 18.4 Å². The molecule has 7 nitrogen and oxygen atoms in total. The molecule has 0 saturated carbocycles. The van der Waals surface area contributed by atoms with Crippen LogP contribution in [0.5, 0.6) is 5.75 Å². The molecule has 2 heterocycles. The van der Waals surface area contributed by atoms with Crippen LogP contribution in [-0.4, -0.2) is 17.1 Å². The molecule has 0 N–H and O–H groups in total. The van der Waals surface area contributed by atoms with Gasteiger partial charge in [-0.2, -0.15) is 5.26 Å². The van der Waals surface area contributed by atoms with Crippen LogP contribution in [0.4, 0.5) is 0 Å². The summed E-state index contributed by atoms with van der Waals surface area (Å²) >= 11 is 7.88. The first-order valence-electron chi connectivity index (χ1n) is 14.0. The fourth-order valence-corrected chi connectivity index (χ4v) is 6.57. The molecule has 4 aromatic carbocycles. The number of benzene rings is 4. The highest BCUT2D eigenvalue weighted by Gasteiger charge is 2.34. The Kier molecular flexibility index (Phi) is 8.16. The van der Waals surface area contributed by atoms with Crippen LogP contribution < -0.4 is 19.6 Å². The second-order valence-electron chi connectivity index (χ2n) is 10.1. The SMILES string of the molecule is CCOC(=O)C1=C(C)N=c2s/c(=C\c3c(OCc4ccc(C#N)cc4)ccc4ccccc34)c(=O)n2[C@@H]1c1ccccc1Cl. The number of esters is 1. The van der Waals surface area contributed by atoms with Crippen molar-refractivity contribution in [1.29, 1.82) is 5.26 Å². The standard InChI is InChI=1S/C35H26ClN3O4S/c1-3-42-34(41)31-21(2)38-35-39(32(31)26-10-6-7-11-28(26)36)33(40)30(44-35)18-27-25-9-5-4-8-24(25)16-17-29(27)43-20-23-14-12-22(19-37)13-15-23/h4-18,32H,3,20H2,1-2H3/b30-18-/t32-/m1/s1. The van der Waals surface area contributed by atoms with Gasteiger partial charge in [-0.25, -0.2) is 9.79 Å². The van der Waals surface area contributed by atoms with Crippen molar-refractivity contribution in [2.24, 2.45) is 4.99 Å². The summed E-state index contributed by atoms with van der Waals surface area (Å²) in [6.07, 6.45) is 1.83. The van der Waals surface area contributed by atoms with E-state index in [0.29, 0.717) is 36.9 Å². The predicted molar refractivity (Wildman–Crippen MR) is 171 cm³/mol. The van der Waals surface area contributed by atoms with Gasteiger partial charge >= 0.3 is 5.97 Å². The molecule has 218 valence electrons. The first-order valence-corrected chi connectivity index (χ1v) is 15.2. The van der Waals surface area contributed by atoms with Gasteiger partial charge in [-0.3, -0.25) is 9.36 Å². The van der Waals surface area contributed by atoms with Gasteiger partial charge in [-0.05, 0) is 66.1 Å². The molecule has 0 unspecified atom stereocenters. The van der Waals surface area contributed by atoms with E-state index in [1.54, 1.807) is 38.1 Å². The number of ether oxygens (including phenoxy) is 2. The van der Waals surface area contributed by atoms with Gasteiger partial charge in [0, 0.05) is 10.6 Å². The van der Waals surface area contributed by atoms with Crippen LogP contribution in [0.25, 0.3) is 16.8 Å². The molecule has 0 spiro atoms. The van der Waals surface area contributed by atoms with Gasteiger partial charge in [0.2, 0.25) is 0 Å². The Balaban J connectivity index is 1.52. The average molecular weight is 620 g/mol. The topological polar surface area (TPSA) is 93.7 Å². The summed E-state index contributed by atoms with van der Waals surface area (Å²) in [6, 6.07) is 27.5. The molecular formula is C35H26ClN3O4S. The molecule has 0 radical (unpaired) electrons. The minimum atomic E-state index is -0.805. The summed E-state index contributed by atoms with van der Waals surface area (Å²) < 4.78 is 13.6. The lowest BCUT2D eigenvalue weighted by Gasteiger charge is -2.25. The van der Waals surface area contributed by atoms with E-state index >= 15 is 0 Å². The van der Waals surface area contributed by atoms with Crippen LogP contribution in [0.15, 0.2) is 106 Å². The van der Waals surface area contributed by atoms with Gasteiger partial charge in [0.15, 0.2) is 4.80 Å². The van der Waals surface area contributed by atoms with Gasteiger partial charge < -0.3 is 9.47 Å². The Hall–Kier alpha value is -4.97. The third-order valence-corrected chi connectivity index (χ3v) is 8.73. The zero-order valence-corrected chi connectivity index (χ0v) is 25.5. The van der Waals surface area contributed by atoms with E-state index in [9.17, 15) is 9.59 Å². The van der Waals surface area contributed by atoms with Crippen LogP contribution in [0.1, 0.15) is 42.1 Å². The number of aromatic nitrogens is 1. The highest BCUT2D eigenvalue weighted by atomic mass is 35.5. The lowest BCUT2D eigenvalue weighted by atomic mass is 9.96. The van der Waals surface area contributed by atoms with Crippen molar-refractivity contribution in [3.05, 3.63) is 143 Å². The number of carbonyl (C=O) groups is 1. The minimum Gasteiger partial charge on any atom is -0.488 e. The summed E-state index contributed by atoms with van der Waals surface area (Å²) in [5.41, 5.74) is 3.27. The van der Waals surface area contributed by atoms with Gasteiger partial charge in [0.05, 0.1) is 34.0 Å². The van der Waals surface area contributed by atoms with Gasteiger partial charge in [-0.15, -0.1) is 0 Å². The van der Waals surface area contributed by atoms with Crippen molar-refractivity contribution < 1.29 is 14.3 Å². The second kappa shape index (κ2) is 12.3. The lowest BCUT2D eigenvalue weighted by Crippen LogP contribution is -2.40. The van der Waals surface area contributed by atoms with Crippen molar-refractivity contribution in [2.75, 3.05) is 6.61 Å².